The molecule has 1 aliphatic rings. The largest absolute Gasteiger partial charge is 0.466 e. The van der Waals surface area contributed by atoms with Crippen LogP contribution in [0.15, 0.2) is 10.5 Å². The smallest absolute Gasteiger partial charge is 0.254 e. The van der Waals surface area contributed by atoms with Crippen LogP contribution in [-0.4, -0.2) is 24.5 Å². The van der Waals surface area contributed by atoms with Crippen LogP contribution in [0.5, 0.6) is 0 Å². The van der Waals surface area contributed by atoms with Crippen molar-refractivity contribution in [2.24, 2.45) is 0 Å². The van der Waals surface area contributed by atoms with E-state index in [-0.39, 0.29) is 11.4 Å². The fourth-order valence-corrected chi connectivity index (χ4v) is 2.33. The average molecular weight is 236 g/mol. The minimum Gasteiger partial charge on any atom is -0.466 e. The van der Waals surface area contributed by atoms with Gasteiger partial charge in [-0.15, -0.1) is 0 Å². The van der Waals surface area contributed by atoms with E-state index >= 15 is 0 Å². The van der Waals surface area contributed by atoms with Crippen LogP contribution in [0.25, 0.3) is 0 Å². The lowest BCUT2D eigenvalue weighted by molar-refractivity contribution is 0.0941. The van der Waals surface area contributed by atoms with Crippen LogP contribution >= 0.6 is 0 Å². The van der Waals surface area contributed by atoms with E-state index in [2.05, 4.69) is 17.6 Å². The van der Waals surface area contributed by atoms with Crippen molar-refractivity contribution < 1.29 is 9.21 Å². The molecule has 1 aliphatic heterocycles. The molecule has 2 heterocycles. The molecule has 1 fully saturated rings. The molecular formula is C13H20N2O2. The van der Waals surface area contributed by atoms with Crippen LogP contribution in [0.1, 0.15) is 41.6 Å². The monoisotopic (exact) mass is 236 g/mol. The molecule has 1 atom stereocenters. The summed E-state index contributed by atoms with van der Waals surface area (Å²) in [6.45, 7) is 7.51. The Balaban J connectivity index is 1.95. The van der Waals surface area contributed by atoms with Gasteiger partial charge in [0, 0.05) is 12.1 Å². The molecule has 94 valence electrons. The molecule has 0 bridgehead atoms. The zero-order chi connectivity index (χ0) is 12.5. The van der Waals surface area contributed by atoms with Gasteiger partial charge in [0.05, 0.1) is 5.56 Å². The minimum absolute atomic E-state index is 0.0440. The van der Waals surface area contributed by atoms with E-state index in [0.717, 1.165) is 18.7 Å². The molecule has 1 unspecified atom stereocenters. The SMILES string of the molecule is Cc1cc(C(=O)NCC2(C)CCCN2)c(C)o1. The van der Waals surface area contributed by atoms with Crippen LogP contribution < -0.4 is 10.6 Å². The third kappa shape index (κ3) is 2.69. The van der Waals surface area contributed by atoms with Gasteiger partial charge < -0.3 is 15.1 Å². The van der Waals surface area contributed by atoms with E-state index in [0.29, 0.717) is 17.9 Å². The third-order valence-electron chi connectivity index (χ3n) is 3.38. The molecule has 0 saturated carbocycles. The van der Waals surface area contributed by atoms with E-state index in [1.54, 1.807) is 6.07 Å². The highest BCUT2D eigenvalue weighted by Gasteiger charge is 2.28. The van der Waals surface area contributed by atoms with E-state index < -0.39 is 0 Å². The molecule has 17 heavy (non-hydrogen) atoms. The van der Waals surface area contributed by atoms with Crippen molar-refractivity contribution in [1.29, 1.82) is 0 Å². The molecule has 0 aliphatic carbocycles. The summed E-state index contributed by atoms with van der Waals surface area (Å²) in [7, 11) is 0. The number of carbonyl (C=O) groups excluding carboxylic acids is 1. The number of rotatable bonds is 3. The molecule has 2 N–H and O–H groups in total. The Morgan fingerprint density at radius 1 is 1.59 bits per heavy atom. The Hall–Kier alpha value is -1.29. The predicted octanol–water partition coefficient (Wildman–Crippen LogP) is 1.77. The summed E-state index contributed by atoms with van der Waals surface area (Å²) in [5.41, 5.74) is 0.687. The second-order valence-electron chi connectivity index (χ2n) is 5.10. The van der Waals surface area contributed by atoms with Crippen LogP contribution in [0.2, 0.25) is 0 Å². The highest BCUT2D eigenvalue weighted by molar-refractivity contribution is 5.95. The van der Waals surface area contributed by atoms with Gasteiger partial charge in [-0.2, -0.15) is 0 Å². The lowest BCUT2D eigenvalue weighted by atomic mass is 10.0. The van der Waals surface area contributed by atoms with E-state index in [1.807, 2.05) is 13.8 Å². The van der Waals surface area contributed by atoms with Crippen molar-refractivity contribution >= 4 is 5.91 Å². The number of hydrogen-bond acceptors (Lipinski definition) is 3. The highest BCUT2D eigenvalue weighted by atomic mass is 16.3. The minimum atomic E-state index is -0.0470. The summed E-state index contributed by atoms with van der Waals surface area (Å²) >= 11 is 0. The fourth-order valence-electron chi connectivity index (χ4n) is 2.33. The molecule has 0 radical (unpaired) electrons. The van der Waals surface area contributed by atoms with Gasteiger partial charge in [-0.3, -0.25) is 4.79 Å². The summed E-state index contributed by atoms with van der Waals surface area (Å²) in [5, 5.41) is 6.40. The Bertz CT molecular complexity index is 417. The summed E-state index contributed by atoms with van der Waals surface area (Å²) < 4.78 is 5.36. The Kier molecular flexibility index (Phi) is 3.24. The number of furan rings is 1. The van der Waals surface area contributed by atoms with Gasteiger partial charge in [0.15, 0.2) is 0 Å². The topological polar surface area (TPSA) is 54.3 Å². The second kappa shape index (κ2) is 4.53. The Labute approximate surface area is 102 Å². The van der Waals surface area contributed by atoms with E-state index in [9.17, 15) is 4.79 Å². The summed E-state index contributed by atoms with van der Waals surface area (Å²) in [6.07, 6.45) is 2.28. The number of carbonyl (C=O) groups is 1. The highest BCUT2D eigenvalue weighted by Crippen LogP contribution is 2.18. The van der Waals surface area contributed by atoms with Crippen molar-refractivity contribution in [1.82, 2.24) is 10.6 Å². The van der Waals surface area contributed by atoms with Crippen molar-refractivity contribution in [3.05, 3.63) is 23.2 Å². The number of aryl methyl sites for hydroxylation is 2. The Morgan fingerprint density at radius 3 is 2.88 bits per heavy atom. The molecule has 1 saturated heterocycles. The lowest BCUT2D eigenvalue weighted by Gasteiger charge is -2.24. The maximum absolute atomic E-state index is 12.0. The van der Waals surface area contributed by atoms with Gasteiger partial charge in [-0.25, -0.2) is 0 Å². The molecule has 1 aromatic heterocycles. The van der Waals surface area contributed by atoms with Crippen molar-refractivity contribution in [2.45, 2.75) is 39.2 Å². The quantitative estimate of drug-likeness (QED) is 0.841. The molecule has 4 nitrogen and oxygen atoms in total. The molecular weight excluding hydrogens is 216 g/mol. The van der Waals surface area contributed by atoms with Crippen LogP contribution in [0.3, 0.4) is 0 Å². The van der Waals surface area contributed by atoms with E-state index in [1.165, 1.54) is 6.42 Å². The predicted molar refractivity (Wildman–Crippen MR) is 66.2 cm³/mol. The van der Waals surface area contributed by atoms with Gasteiger partial charge in [0.1, 0.15) is 11.5 Å². The van der Waals surface area contributed by atoms with Gasteiger partial charge in [0.2, 0.25) is 0 Å². The van der Waals surface area contributed by atoms with Gasteiger partial charge in [0.25, 0.3) is 5.91 Å². The third-order valence-corrected chi connectivity index (χ3v) is 3.38. The Morgan fingerprint density at radius 2 is 2.35 bits per heavy atom. The summed E-state index contributed by atoms with van der Waals surface area (Å²) in [6, 6.07) is 1.79. The van der Waals surface area contributed by atoms with Crippen LogP contribution in [0, 0.1) is 13.8 Å². The average Bonchev–Trinajstić information content (AvgIpc) is 2.83. The second-order valence-corrected chi connectivity index (χ2v) is 5.10. The molecule has 0 spiro atoms. The van der Waals surface area contributed by atoms with Crippen molar-refractivity contribution in [3.63, 3.8) is 0 Å². The molecule has 2 rings (SSSR count). The van der Waals surface area contributed by atoms with Crippen molar-refractivity contribution in [2.75, 3.05) is 13.1 Å². The summed E-state index contributed by atoms with van der Waals surface area (Å²) in [5.74, 6) is 1.41. The standard InChI is InChI=1S/C13H20N2O2/c1-9-7-11(10(2)17-9)12(16)14-8-13(3)5-4-6-15-13/h7,15H,4-6,8H2,1-3H3,(H,14,16). The first kappa shape index (κ1) is 12.2. The lowest BCUT2D eigenvalue weighted by Crippen LogP contribution is -2.47. The number of nitrogens with one attached hydrogen (secondary N) is 2. The van der Waals surface area contributed by atoms with Crippen LogP contribution in [0.4, 0.5) is 0 Å². The van der Waals surface area contributed by atoms with Gasteiger partial charge >= 0.3 is 0 Å². The molecule has 1 amide bonds. The first-order valence-corrected chi connectivity index (χ1v) is 6.10. The molecule has 4 heteroatoms. The zero-order valence-electron chi connectivity index (χ0n) is 10.7. The maximum atomic E-state index is 12.0. The number of amides is 1. The number of hydrogen-bond donors (Lipinski definition) is 2. The zero-order valence-corrected chi connectivity index (χ0v) is 10.7. The summed E-state index contributed by atoms with van der Waals surface area (Å²) in [4.78, 5) is 12.0. The van der Waals surface area contributed by atoms with Crippen molar-refractivity contribution in [3.8, 4) is 0 Å². The maximum Gasteiger partial charge on any atom is 0.254 e. The molecule has 1 aromatic rings. The first-order valence-electron chi connectivity index (χ1n) is 6.10. The van der Waals surface area contributed by atoms with Crippen LogP contribution in [-0.2, 0) is 0 Å². The first-order chi connectivity index (χ1) is 8.00. The fraction of sp³-hybridized carbons (Fsp3) is 0.615. The molecule has 0 aromatic carbocycles. The van der Waals surface area contributed by atoms with Gasteiger partial charge in [-0.05, 0) is 46.2 Å². The van der Waals surface area contributed by atoms with E-state index in [4.69, 9.17) is 4.42 Å². The van der Waals surface area contributed by atoms with Gasteiger partial charge in [-0.1, -0.05) is 0 Å². The normalized spacial score (nSPS) is 23.9.